The monoisotopic (exact) mass is 392 g/mol. The highest BCUT2D eigenvalue weighted by molar-refractivity contribution is 5.63. The summed E-state index contributed by atoms with van der Waals surface area (Å²) < 4.78 is 35.9. The summed E-state index contributed by atoms with van der Waals surface area (Å²) in [5.41, 5.74) is 3.03. The van der Waals surface area contributed by atoms with Crippen LogP contribution in [0.15, 0.2) is 59.4 Å². The van der Waals surface area contributed by atoms with E-state index in [-0.39, 0.29) is 11.3 Å². The lowest BCUT2D eigenvalue weighted by Crippen LogP contribution is -2.68. The number of aromatic amines is 1. The quantitative estimate of drug-likeness (QED) is 0.476. The molecule has 3 aromatic rings. The van der Waals surface area contributed by atoms with Crippen molar-refractivity contribution in [2.75, 3.05) is 0 Å². The lowest BCUT2D eigenvalue weighted by atomic mass is 10.1. The Morgan fingerprint density at radius 1 is 0.963 bits per heavy atom. The number of benzene rings is 2. The van der Waals surface area contributed by atoms with Gasteiger partial charge in [0.05, 0.1) is 0 Å². The van der Waals surface area contributed by atoms with Gasteiger partial charge in [-0.2, -0.15) is 0 Å². The molecular formula is C18H17ClN2O6. The van der Waals surface area contributed by atoms with Gasteiger partial charge in [0.25, 0.3) is 5.82 Å². The van der Waals surface area contributed by atoms with Crippen LogP contribution in [0.25, 0.3) is 16.8 Å². The van der Waals surface area contributed by atoms with Crippen molar-refractivity contribution in [2.24, 2.45) is 0 Å². The summed E-state index contributed by atoms with van der Waals surface area (Å²) >= 11 is 0. The van der Waals surface area contributed by atoms with E-state index in [1.165, 1.54) is 0 Å². The number of aromatic hydroxyl groups is 1. The molecule has 0 atom stereocenters. The molecule has 0 bridgehead atoms. The third-order valence-electron chi connectivity index (χ3n) is 3.70. The second-order valence-electron chi connectivity index (χ2n) is 5.60. The van der Waals surface area contributed by atoms with Gasteiger partial charge in [0.2, 0.25) is 0 Å². The molecule has 0 saturated heterocycles. The molecule has 2 N–H and O–H groups in total. The molecule has 0 spiro atoms. The zero-order valence-electron chi connectivity index (χ0n) is 14.5. The first-order valence-electron chi connectivity index (χ1n) is 7.70. The lowest BCUT2D eigenvalue weighted by molar-refractivity contribution is -2.00. The summed E-state index contributed by atoms with van der Waals surface area (Å²) in [5.74, 6) is 0.907. The smallest absolute Gasteiger partial charge is 0.343 e. The topological polar surface area (TPSA) is 149 Å². The minimum absolute atomic E-state index is 0.113. The number of H-pyrrole nitrogens is 1. The lowest BCUT2D eigenvalue weighted by Gasteiger charge is -2.17. The van der Waals surface area contributed by atoms with Gasteiger partial charge in [-0.1, -0.05) is 36.4 Å². The van der Waals surface area contributed by atoms with Crippen molar-refractivity contribution < 1.29 is 38.6 Å². The Kier molecular flexibility index (Phi) is 6.32. The second kappa shape index (κ2) is 8.30. The average molecular weight is 393 g/mol. The number of phenols is 1. The summed E-state index contributed by atoms with van der Waals surface area (Å²) in [5, 5.41) is 9.71. The zero-order chi connectivity index (χ0) is 20.2. The minimum Gasteiger partial charge on any atom is -0.508 e. The van der Waals surface area contributed by atoms with Crippen molar-refractivity contribution in [3.8, 4) is 22.6 Å². The Morgan fingerprint density at radius 3 is 2.11 bits per heavy atom. The molecular weight excluding hydrogens is 376 g/mol. The molecule has 0 aliphatic carbocycles. The summed E-state index contributed by atoms with van der Waals surface area (Å²) in [6, 6.07) is 16.5. The van der Waals surface area contributed by atoms with Gasteiger partial charge in [0.15, 0.2) is 0 Å². The number of rotatable bonds is 2. The maximum atomic E-state index is 12.4. The number of phenolic OH excluding ortho intramolecular Hbond substituents is 1. The predicted molar refractivity (Wildman–Crippen MR) is 85.2 cm³/mol. The van der Waals surface area contributed by atoms with Crippen LogP contribution in [0, 0.1) is 24.1 Å². The number of halogens is 1. The molecule has 0 unspecified atom stereocenters. The maximum absolute atomic E-state index is 12.4. The van der Waals surface area contributed by atoms with Gasteiger partial charge in [-0.25, -0.2) is 33.0 Å². The molecule has 1 heterocycles. The first-order valence-corrected chi connectivity index (χ1v) is 8.93. The molecule has 142 valence electrons. The fourth-order valence-corrected chi connectivity index (χ4v) is 2.77. The molecule has 0 saturated carbocycles. The molecule has 8 nitrogen and oxygen atoms in total. The molecule has 0 radical (unpaired) electrons. The van der Waals surface area contributed by atoms with Crippen molar-refractivity contribution >= 4 is 0 Å². The largest absolute Gasteiger partial charge is 0.508 e. The molecule has 0 amide bonds. The fraction of sp³-hybridized carbons (Fsp3) is 0.111. The number of aryl methyl sites for hydroxylation is 1. The number of nitrogens with one attached hydrogen (secondary N) is 1. The number of nitrogens with zero attached hydrogens (tertiary/aromatic N) is 1. The molecule has 9 heteroatoms. The second-order valence-corrected chi connectivity index (χ2v) is 6.36. The van der Waals surface area contributed by atoms with Crippen LogP contribution in [0.1, 0.15) is 11.5 Å². The molecule has 1 aromatic heterocycles. The summed E-state index contributed by atoms with van der Waals surface area (Å²) in [6.07, 6.45) is 0. The Balaban J connectivity index is 0.000000465. The molecule has 27 heavy (non-hydrogen) atoms. The summed E-state index contributed by atoms with van der Waals surface area (Å²) in [6.45, 7) is 3.75. The fourth-order valence-electron chi connectivity index (χ4n) is 2.77. The molecule has 3 rings (SSSR count). The van der Waals surface area contributed by atoms with Crippen molar-refractivity contribution in [1.82, 2.24) is 4.98 Å². The highest BCUT2D eigenvalue weighted by Gasteiger charge is 2.20. The van der Waals surface area contributed by atoms with Gasteiger partial charge in [-0.15, -0.1) is 10.2 Å². The van der Waals surface area contributed by atoms with E-state index in [2.05, 4.69) is 4.98 Å². The van der Waals surface area contributed by atoms with E-state index >= 15 is 0 Å². The van der Waals surface area contributed by atoms with Crippen molar-refractivity contribution in [3.63, 3.8) is 0 Å². The van der Waals surface area contributed by atoms with Crippen LogP contribution in [0.4, 0.5) is 0 Å². The van der Waals surface area contributed by atoms with Crippen LogP contribution in [-0.2, 0) is 0 Å². The molecule has 0 aliphatic rings. The Morgan fingerprint density at radius 2 is 1.56 bits per heavy atom. The molecule has 2 aromatic carbocycles. The maximum Gasteiger partial charge on any atom is 0.343 e. The first-order chi connectivity index (χ1) is 12.6. The Hall–Kier alpha value is -2.75. The SMILES string of the molecule is Cc1[nH]c(=O)c(-c2ccccc2)c(C)[n+]1-c1cccc(O)c1.[O-][Cl+3]([O-])([O-])[O-]. The van der Waals surface area contributed by atoms with Gasteiger partial charge in [0, 0.05) is 13.0 Å². The van der Waals surface area contributed by atoms with E-state index in [1.807, 2.05) is 54.8 Å². The van der Waals surface area contributed by atoms with Crippen molar-refractivity contribution in [1.29, 1.82) is 0 Å². The van der Waals surface area contributed by atoms with Crippen LogP contribution in [0.3, 0.4) is 0 Å². The van der Waals surface area contributed by atoms with Crippen LogP contribution < -0.4 is 28.8 Å². The Bertz CT molecular complexity index is 977. The van der Waals surface area contributed by atoms with Gasteiger partial charge < -0.3 is 5.11 Å². The van der Waals surface area contributed by atoms with Crippen LogP contribution >= 0.6 is 0 Å². The normalized spacial score (nSPS) is 10.9. The highest BCUT2D eigenvalue weighted by Crippen LogP contribution is 2.19. The standard InChI is InChI=1S/C18H16N2O2.ClHO4/c1-12-17(14-7-4-3-5-8-14)18(22)19-13(2)20(12)15-9-6-10-16(21)11-15;2-1(3,4)5/h3-11,21H,1-2H3;(H,2,3,4,5). The highest BCUT2D eigenvalue weighted by atomic mass is 35.7. The van der Waals surface area contributed by atoms with Gasteiger partial charge in [0.1, 0.15) is 22.7 Å². The molecule has 0 fully saturated rings. The third kappa shape index (κ3) is 5.61. The number of hydrogen-bond acceptors (Lipinski definition) is 6. The molecule has 0 aliphatic heterocycles. The Labute approximate surface area is 157 Å². The number of aromatic nitrogens is 2. The zero-order valence-corrected chi connectivity index (χ0v) is 15.3. The average Bonchev–Trinajstić information content (AvgIpc) is 2.54. The van der Waals surface area contributed by atoms with Crippen molar-refractivity contribution in [2.45, 2.75) is 13.8 Å². The third-order valence-corrected chi connectivity index (χ3v) is 3.70. The number of hydrogen-bond donors (Lipinski definition) is 2. The van der Waals surface area contributed by atoms with E-state index in [1.54, 1.807) is 18.2 Å². The van der Waals surface area contributed by atoms with E-state index in [0.29, 0.717) is 11.4 Å². The minimum atomic E-state index is -4.94. The summed E-state index contributed by atoms with van der Waals surface area (Å²) in [7, 11) is -4.94. The van der Waals surface area contributed by atoms with Crippen molar-refractivity contribution in [3.05, 3.63) is 76.5 Å². The van der Waals surface area contributed by atoms with E-state index in [0.717, 1.165) is 16.9 Å². The van der Waals surface area contributed by atoms with E-state index in [9.17, 15) is 9.90 Å². The summed E-state index contributed by atoms with van der Waals surface area (Å²) in [4.78, 5) is 15.3. The first kappa shape index (κ1) is 20.6. The van der Waals surface area contributed by atoms with Crippen LogP contribution in [0.5, 0.6) is 5.75 Å². The van der Waals surface area contributed by atoms with Crippen LogP contribution in [0.2, 0.25) is 0 Å². The van der Waals surface area contributed by atoms with Crippen LogP contribution in [-0.4, -0.2) is 10.1 Å². The van der Waals surface area contributed by atoms with Gasteiger partial charge >= 0.3 is 5.56 Å². The van der Waals surface area contributed by atoms with Gasteiger partial charge in [-0.05, 0) is 24.6 Å². The van der Waals surface area contributed by atoms with E-state index < -0.39 is 10.2 Å². The van der Waals surface area contributed by atoms with Gasteiger partial charge in [-0.3, -0.25) is 0 Å². The van der Waals surface area contributed by atoms with E-state index in [4.69, 9.17) is 18.6 Å². The predicted octanol–water partition coefficient (Wildman–Crippen LogP) is -2.11.